The molecule has 2 aromatic carbocycles. The standard InChI is InChI=1S/C19H22N2O5/c1-24-12-11-20-19(23)14-7-3-4-8-15(14)21-18(22)13-26-17-10-6-5-9-16(17)25-2/h3-10H,11-13H2,1-2H3,(H,20,23)(H,21,22). The number of ether oxygens (including phenoxy) is 3. The molecule has 2 N–H and O–H groups in total. The van der Waals surface area contributed by atoms with Crippen LogP contribution in [0.5, 0.6) is 11.5 Å². The number of para-hydroxylation sites is 3. The number of amides is 2. The molecule has 0 unspecified atom stereocenters. The highest BCUT2D eigenvalue weighted by Gasteiger charge is 2.13. The van der Waals surface area contributed by atoms with Crippen molar-refractivity contribution in [3.8, 4) is 11.5 Å². The smallest absolute Gasteiger partial charge is 0.262 e. The lowest BCUT2D eigenvalue weighted by Crippen LogP contribution is -2.29. The molecule has 26 heavy (non-hydrogen) atoms. The molecular weight excluding hydrogens is 336 g/mol. The van der Waals surface area contributed by atoms with Crippen molar-refractivity contribution in [2.45, 2.75) is 0 Å². The van der Waals surface area contributed by atoms with E-state index in [1.165, 1.54) is 7.11 Å². The fraction of sp³-hybridized carbons (Fsp3) is 0.263. The van der Waals surface area contributed by atoms with Crippen LogP contribution in [0.1, 0.15) is 10.4 Å². The van der Waals surface area contributed by atoms with Crippen molar-refractivity contribution >= 4 is 17.5 Å². The lowest BCUT2D eigenvalue weighted by atomic mass is 10.1. The van der Waals surface area contributed by atoms with Crippen molar-refractivity contribution in [2.75, 3.05) is 39.3 Å². The first-order valence-corrected chi connectivity index (χ1v) is 8.07. The molecule has 0 aromatic heterocycles. The Morgan fingerprint density at radius 3 is 2.38 bits per heavy atom. The van der Waals surface area contributed by atoms with E-state index in [9.17, 15) is 9.59 Å². The Hall–Kier alpha value is -3.06. The van der Waals surface area contributed by atoms with E-state index < -0.39 is 0 Å². The molecule has 0 spiro atoms. The highest BCUT2D eigenvalue weighted by atomic mass is 16.5. The quantitative estimate of drug-likeness (QED) is 0.671. The molecular formula is C19H22N2O5. The molecule has 2 amide bonds. The van der Waals surface area contributed by atoms with Gasteiger partial charge in [0.1, 0.15) is 0 Å². The minimum atomic E-state index is -0.381. The zero-order chi connectivity index (χ0) is 18.8. The second-order valence-corrected chi connectivity index (χ2v) is 5.28. The molecule has 138 valence electrons. The Morgan fingerprint density at radius 1 is 0.962 bits per heavy atom. The fourth-order valence-electron chi connectivity index (χ4n) is 2.22. The predicted molar refractivity (Wildman–Crippen MR) is 97.8 cm³/mol. The van der Waals surface area contributed by atoms with E-state index in [4.69, 9.17) is 14.2 Å². The van der Waals surface area contributed by atoms with Crippen LogP contribution in [0.4, 0.5) is 5.69 Å². The van der Waals surface area contributed by atoms with Crippen molar-refractivity contribution in [1.29, 1.82) is 0 Å². The molecule has 0 aliphatic heterocycles. The average molecular weight is 358 g/mol. The predicted octanol–water partition coefficient (Wildman–Crippen LogP) is 2.09. The summed E-state index contributed by atoms with van der Waals surface area (Å²) in [6, 6.07) is 13.8. The summed E-state index contributed by atoms with van der Waals surface area (Å²) in [6.07, 6.45) is 0. The van der Waals surface area contributed by atoms with Crippen LogP contribution in [-0.2, 0) is 9.53 Å². The van der Waals surface area contributed by atoms with E-state index in [2.05, 4.69) is 10.6 Å². The molecule has 7 nitrogen and oxygen atoms in total. The van der Waals surface area contributed by atoms with E-state index in [1.54, 1.807) is 49.6 Å². The van der Waals surface area contributed by atoms with Gasteiger partial charge in [-0.2, -0.15) is 0 Å². The van der Waals surface area contributed by atoms with Crippen molar-refractivity contribution in [2.24, 2.45) is 0 Å². The van der Waals surface area contributed by atoms with Gasteiger partial charge in [-0.1, -0.05) is 24.3 Å². The largest absolute Gasteiger partial charge is 0.493 e. The number of methoxy groups -OCH3 is 2. The Labute approximate surface area is 152 Å². The van der Waals surface area contributed by atoms with Crippen LogP contribution in [0.3, 0.4) is 0 Å². The normalized spacial score (nSPS) is 10.1. The van der Waals surface area contributed by atoms with Gasteiger partial charge in [0, 0.05) is 13.7 Å². The lowest BCUT2D eigenvalue weighted by molar-refractivity contribution is -0.118. The molecule has 7 heteroatoms. The Bertz CT molecular complexity index is 748. The zero-order valence-corrected chi connectivity index (χ0v) is 14.8. The van der Waals surface area contributed by atoms with E-state index in [0.717, 1.165) is 0 Å². The summed E-state index contributed by atoms with van der Waals surface area (Å²) in [4.78, 5) is 24.4. The third-order valence-electron chi connectivity index (χ3n) is 3.47. The van der Waals surface area contributed by atoms with Crippen LogP contribution >= 0.6 is 0 Å². The maximum atomic E-state index is 12.2. The summed E-state index contributed by atoms with van der Waals surface area (Å²) in [6.45, 7) is 0.585. The Kier molecular flexibility index (Phi) is 7.45. The topological polar surface area (TPSA) is 85.9 Å². The summed E-state index contributed by atoms with van der Waals surface area (Å²) >= 11 is 0. The number of carbonyl (C=O) groups is 2. The number of nitrogens with one attached hydrogen (secondary N) is 2. The SMILES string of the molecule is COCCNC(=O)c1ccccc1NC(=O)COc1ccccc1OC. The van der Waals surface area contributed by atoms with Crippen LogP contribution in [0, 0.1) is 0 Å². The van der Waals surface area contributed by atoms with Gasteiger partial charge in [-0.15, -0.1) is 0 Å². The summed E-state index contributed by atoms with van der Waals surface area (Å²) in [5.41, 5.74) is 0.783. The van der Waals surface area contributed by atoms with E-state index in [-0.39, 0.29) is 18.4 Å². The highest BCUT2D eigenvalue weighted by Crippen LogP contribution is 2.25. The van der Waals surface area contributed by atoms with Gasteiger partial charge in [-0.05, 0) is 24.3 Å². The van der Waals surface area contributed by atoms with E-state index >= 15 is 0 Å². The second kappa shape index (κ2) is 10.0. The van der Waals surface area contributed by atoms with Crippen LogP contribution in [0.25, 0.3) is 0 Å². The van der Waals surface area contributed by atoms with Crippen LogP contribution in [-0.4, -0.2) is 45.8 Å². The van der Waals surface area contributed by atoms with E-state index in [0.29, 0.717) is 35.9 Å². The molecule has 0 aliphatic rings. The van der Waals surface area contributed by atoms with Gasteiger partial charge in [0.2, 0.25) is 0 Å². The first-order valence-electron chi connectivity index (χ1n) is 8.07. The van der Waals surface area contributed by atoms with Crippen LogP contribution in [0.2, 0.25) is 0 Å². The summed E-state index contributed by atoms with van der Waals surface area (Å²) in [5, 5.41) is 5.42. The number of hydrogen-bond donors (Lipinski definition) is 2. The van der Waals surface area contributed by atoms with Crippen LogP contribution in [0.15, 0.2) is 48.5 Å². The molecule has 2 rings (SSSR count). The number of carbonyl (C=O) groups excluding carboxylic acids is 2. The van der Waals surface area contributed by atoms with Crippen LogP contribution < -0.4 is 20.1 Å². The third-order valence-corrected chi connectivity index (χ3v) is 3.47. The first-order chi connectivity index (χ1) is 12.7. The molecule has 0 saturated heterocycles. The Balaban J connectivity index is 1.97. The number of anilines is 1. The molecule has 0 aliphatic carbocycles. The Morgan fingerprint density at radius 2 is 1.65 bits per heavy atom. The van der Waals surface area contributed by atoms with Gasteiger partial charge < -0.3 is 24.8 Å². The number of hydrogen-bond acceptors (Lipinski definition) is 5. The van der Waals surface area contributed by atoms with Crippen molar-refractivity contribution in [3.05, 3.63) is 54.1 Å². The van der Waals surface area contributed by atoms with Gasteiger partial charge in [0.05, 0.1) is 25.0 Å². The molecule has 2 aromatic rings. The number of rotatable bonds is 9. The third kappa shape index (κ3) is 5.49. The maximum absolute atomic E-state index is 12.2. The monoisotopic (exact) mass is 358 g/mol. The van der Waals surface area contributed by atoms with Crippen molar-refractivity contribution in [1.82, 2.24) is 5.32 Å². The van der Waals surface area contributed by atoms with Gasteiger partial charge in [-0.3, -0.25) is 9.59 Å². The van der Waals surface area contributed by atoms with Crippen molar-refractivity contribution in [3.63, 3.8) is 0 Å². The zero-order valence-electron chi connectivity index (χ0n) is 14.8. The first kappa shape index (κ1) is 19.3. The molecule has 0 fully saturated rings. The minimum Gasteiger partial charge on any atom is -0.493 e. The fourth-order valence-corrected chi connectivity index (χ4v) is 2.22. The highest BCUT2D eigenvalue weighted by molar-refractivity contribution is 6.04. The van der Waals surface area contributed by atoms with Gasteiger partial charge in [-0.25, -0.2) is 0 Å². The summed E-state index contributed by atoms with van der Waals surface area (Å²) < 4.78 is 15.6. The molecule has 0 radical (unpaired) electrons. The van der Waals surface area contributed by atoms with Gasteiger partial charge in [0.25, 0.3) is 11.8 Å². The van der Waals surface area contributed by atoms with Gasteiger partial charge >= 0.3 is 0 Å². The van der Waals surface area contributed by atoms with Crippen molar-refractivity contribution < 1.29 is 23.8 Å². The van der Waals surface area contributed by atoms with E-state index in [1.807, 2.05) is 6.07 Å². The maximum Gasteiger partial charge on any atom is 0.262 e. The summed E-state index contributed by atoms with van der Waals surface area (Å²) in [5.74, 6) is 0.339. The molecule has 0 atom stereocenters. The minimum absolute atomic E-state index is 0.208. The average Bonchev–Trinajstić information content (AvgIpc) is 2.67. The molecule has 0 heterocycles. The van der Waals surface area contributed by atoms with Gasteiger partial charge in [0.15, 0.2) is 18.1 Å². The molecule has 0 bridgehead atoms. The molecule has 0 saturated carbocycles. The lowest BCUT2D eigenvalue weighted by Gasteiger charge is -2.13. The second-order valence-electron chi connectivity index (χ2n) is 5.28. The number of benzene rings is 2. The summed E-state index contributed by atoms with van der Waals surface area (Å²) in [7, 11) is 3.09.